The van der Waals surface area contributed by atoms with E-state index in [0.717, 1.165) is 5.56 Å². The van der Waals surface area contributed by atoms with Crippen LogP contribution in [0.3, 0.4) is 0 Å². The smallest absolute Gasteiger partial charge is 0.266 e. The number of aryl methyl sites for hydroxylation is 1. The molecule has 0 atom stereocenters. The number of alkyl halides is 1. The molecule has 0 aromatic heterocycles. The van der Waals surface area contributed by atoms with Gasteiger partial charge in [0.15, 0.2) is 0 Å². The lowest BCUT2D eigenvalue weighted by atomic mass is 10.2. The Morgan fingerprint density at radius 1 is 1.08 bits per heavy atom. The molecule has 0 aliphatic heterocycles. The summed E-state index contributed by atoms with van der Waals surface area (Å²) in [5.41, 5.74) is 1.30. The van der Waals surface area contributed by atoms with E-state index >= 15 is 0 Å². The van der Waals surface area contributed by atoms with Crippen LogP contribution in [-0.2, 0) is 10.0 Å². The number of nitrogens with zero attached hydrogens (tertiary/aromatic N) is 2. The maximum absolute atomic E-state index is 12.9. The normalized spacial score (nSPS) is 11.2. The van der Waals surface area contributed by atoms with E-state index in [-0.39, 0.29) is 17.1 Å². The van der Waals surface area contributed by atoms with Crippen molar-refractivity contribution in [1.29, 1.82) is 0 Å². The van der Waals surface area contributed by atoms with Gasteiger partial charge in [-0.15, -0.1) is 0 Å². The Bertz CT molecular complexity index is 805. The first kappa shape index (κ1) is 18.4. The van der Waals surface area contributed by atoms with Gasteiger partial charge in [0, 0.05) is 24.0 Å². The first-order valence-electron chi connectivity index (χ1n) is 7.26. The highest BCUT2D eigenvalue weighted by atomic mass is 79.9. The van der Waals surface area contributed by atoms with Gasteiger partial charge in [0.25, 0.3) is 15.7 Å². The SMILES string of the molecule is Cc1ccc(S(=O)(=O)N(CCCBr)c2ccc([N+](=O)[O-])cc2)cc1. The molecule has 0 aliphatic rings. The third kappa shape index (κ3) is 4.12. The van der Waals surface area contributed by atoms with E-state index in [9.17, 15) is 18.5 Å². The van der Waals surface area contributed by atoms with Gasteiger partial charge >= 0.3 is 0 Å². The molecule has 0 N–H and O–H groups in total. The highest BCUT2D eigenvalue weighted by molar-refractivity contribution is 9.09. The van der Waals surface area contributed by atoms with E-state index in [2.05, 4.69) is 15.9 Å². The van der Waals surface area contributed by atoms with Gasteiger partial charge in [-0.05, 0) is 37.6 Å². The van der Waals surface area contributed by atoms with Crippen molar-refractivity contribution >= 4 is 37.3 Å². The predicted molar refractivity (Wildman–Crippen MR) is 97.2 cm³/mol. The van der Waals surface area contributed by atoms with Crippen molar-refractivity contribution in [2.75, 3.05) is 16.2 Å². The second-order valence-corrected chi connectivity index (χ2v) is 7.86. The Morgan fingerprint density at radius 3 is 2.17 bits per heavy atom. The van der Waals surface area contributed by atoms with Gasteiger partial charge < -0.3 is 0 Å². The summed E-state index contributed by atoms with van der Waals surface area (Å²) in [4.78, 5) is 10.5. The topological polar surface area (TPSA) is 80.5 Å². The molecule has 128 valence electrons. The number of nitro groups is 1. The fourth-order valence-electron chi connectivity index (χ4n) is 2.17. The van der Waals surface area contributed by atoms with Gasteiger partial charge in [0.1, 0.15) is 0 Å². The van der Waals surface area contributed by atoms with E-state index in [1.54, 1.807) is 24.3 Å². The molecule has 0 unspecified atom stereocenters. The van der Waals surface area contributed by atoms with E-state index in [0.29, 0.717) is 17.4 Å². The number of halogens is 1. The van der Waals surface area contributed by atoms with Gasteiger partial charge in [-0.1, -0.05) is 33.6 Å². The molecule has 6 nitrogen and oxygen atoms in total. The van der Waals surface area contributed by atoms with Crippen molar-refractivity contribution in [1.82, 2.24) is 0 Å². The second-order valence-electron chi connectivity index (χ2n) is 5.21. The molecule has 2 rings (SSSR count). The molecule has 2 aromatic carbocycles. The van der Waals surface area contributed by atoms with Gasteiger partial charge in [-0.3, -0.25) is 14.4 Å². The van der Waals surface area contributed by atoms with Gasteiger partial charge in [-0.25, -0.2) is 8.42 Å². The van der Waals surface area contributed by atoms with Crippen molar-refractivity contribution in [3.05, 3.63) is 64.2 Å². The maximum atomic E-state index is 12.9. The average molecular weight is 413 g/mol. The minimum absolute atomic E-state index is 0.0769. The number of non-ortho nitro benzene ring substituents is 1. The molecule has 0 radical (unpaired) electrons. The highest BCUT2D eigenvalue weighted by Gasteiger charge is 2.25. The standard InChI is InChI=1S/C16H17BrN2O4S/c1-13-3-9-16(10-4-13)24(22,23)18(12-2-11-17)14-5-7-15(8-6-14)19(20)21/h3-10H,2,11-12H2,1H3. The summed E-state index contributed by atoms with van der Waals surface area (Å²) in [7, 11) is -3.73. The van der Waals surface area contributed by atoms with Crippen LogP contribution in [0.2, 0.25) is 0 Å². The quantitative estimate of drug-likeness (QED) is 0.392. The number of rotatable bonds is 7. The molecule has 24 heavy (non-hydrogen) atoms. The van der Waals surface area contributed by atoms with E-state index in [1.807, 2.05) is 6.92 Å². The summed E-state index contributed by atoms with van der Waals surface area (Å²) in [5, 5.41) is 11.4. The third-order valence-corrected chi connectivity index (χ3v) is 5.85. The lowest BCUT2D eigenvalue weighted by Gasteiger charge is -2.24. The Balaban J connectivity index is 2.43. The largest absolute Gasteiger partial charge is 0.269 e. The predicted octanol–water partition coefficient (Wildman–Crippen LogP) is 3.88. The molecule has 0 saturated carbocycles. The molecule has 2 aromatic rings. The van der Waals surface area contributed by atoms with Crippen molar-refractivity contribution < 1.29 is 13.3 Å². The maximum Gasteiger partial charge on any atom is 0.269 e. The Labute approximate surface area is 149 Å². The number of benzene rings is 2. The molecule has 0 aliphatic carbocycles. The summed E-state index contributed by atoms with van der Waals surface area (Å²) in [5.74, 6) is 0. The molecule has 0 heterocycles. The molecular formula is C16H17BrN2O4S. The number of anilines is 1. The van der Waals surface area contributed by atoms with Crippen LogP contribution in [0.4, 0.5) is 11.4 Å². The minimum Gasteiger partial charge on any atom is -0.266 e. The third-order valence-electron chi connectivity index (χ3n) is 3.45. The van der Waals surface area contributed by atoms with E-state index < -0.39 is 14.9 Å². The zero-order chi connectivity index (χ0) is 17.7. The monoisotopic (exact) mass is 412 g/mol. The first-order chi connectivity index (χ1) is 11.4. The van der Waals surface area contributed by atoms with Gasteiger partial charge in [0.2, 0.25) is 0 Å². The van der Waals surface area contributed by atoms with Crippen LogP contribution < -0.4 is 4.31 Å². The number of nitro benzene ring substituents is 1. The van der Waals surface area contributed by atoms with Crippen molar-refractivity contribution in [2.24, 2.45) is 0 Å². The first-order valence-corrected chi connectivity index (χ1v) is 9.82. The zero-order valence-electron chi connectivity index (χ0n) is 13.1. The molecule has 8 heteroatoms. The van der Waals surface area contributed by atoms with Crippen LogP contribution in [0, 0.1) is 17.0 Å². The molecular weight excluding hydrogens is 396 g/mol. The lowest BCUT2D eigenvalue weighted by molar-refractivity contribution is -0.384. The Kier molecular flexibility index (Phi) is 5.95. The van der Waals surface area contributed by atoms with Crippen LogP contribution in [0.1, 0.15) is 12.0 Å². The summed E-state index contributed by atoms with van der Waals surface area (Å²) < 4.78 is 27.2. The Hall–Kier alpha value is -1.93. The van der Waals surface area contributed by atoms with Crippen molar-refractivity contribution in [2.45, 2.75) is 18.2 Å². The van der Waals surface area contributed by atoms with Crippen LogP contribution in [0.15, 0.2) is 53.4 Å². The molecule has 0 fully saturated rings. The van der Waals surface area contributed by atoms with Crippen molar-refractivity contribution in [3.8, 4) is 0 Å². The second kappa shape index (κ2) is 7.76. The minimum atomic E-state index is -3.73. The Morgan fingerprint density at radius 2 is 1.67 bits per heavy atom. The van der Waals surface area contributed by atoms with E-state index in [4.69, 9.17) is 0 Å². The van der Waals surface area contributed by atoms with Crippen LogP contribution >= 0.6 is 15.9 Å². The number of hydrogen-bond donors (Lipinski definition) is 0. The summed E-state index contributed by atoms with van der Waals surface area (Å²) >= 11 is 3.30. The summed E-state index contributed by atoms with van der Waals surface area (Å²) in [6.45, 7) is 2.16. The average Bonchev–Trinajstić information content (AvgIpc) is 2.56. The fraction of sp³-hybridized carbons (Fsp3) is 0.250. The number of hydrogen-bond acceptors (Lipinski definition) is 4. The van der Waals surface area contributed by atoms with Gasteiger partial charge in [-0.2, -0.15) is 0 Å². The van der Waals surface area contributed by atoms with Gasteiger partial charge in [0.05, 0.1) is 15.5 Å². The fourth-order valence-corrected chi connectivity index (χ4v) is 3.92. The molecule has 0 amide bonds. The number of sulfonamides is 1. The van der Waals surface area contributed by atoms with E-state index in [1.165, 1.54) is 28.6 Å². The molecule has 0 spiro atoms. The molecule has 0 saturated heterocycles. The summed E-state index contributed by atoms with van der Waals surface area (Å²) in [6, 6.07) is 12.1. The van der Waals surface area contributed by atoms with Crippen molar-refractivity contribution in [3.63, 3.8) is 0 Å². The zero-order valence-corrected chi connectivity index (χ0v) is 15.5. The summed E-state index contributed by atoms with van der Waals surface area (Å²) in [6.07, 6.45) is 0.613. The van der Waals surface area contributed by atoms with Crippen LogP contribution in [0.5, 0.6) is 0 Å². The molecule has 0 bridgehead atoms. The highest BCUT2D eigenvalue weighted by Crippen LogP contribution is 2.26. The lowest BCUT2D eigenvalue weighted by Crippen LogP contribution is -2.32. The van der Waals surface area contributed by atoms with Crippen LogP contribution in [-0.4, -0.2) is 25.2 Å². The van der Waals surface area contributed by atoms with Crippen LogP contribution in [0.25, 0.3) is 0 Å².